The third-order valence-electron chi connectivity index (χ3n) is 4.69. The van der Waals surface area contributed by atoms with E-state index in [0.717, 1.165) is 29.5 Å². The van der Waals surface area contributed by atoms with Crippen molar-refractivity contribution < 1.29 is 9.90 Å². The Morgan fingerprint density at radius 1 is 1.30 bits per heavy atom. The van der Waals surface area contributed by atoms with Crippen LogP contribution >= 0.6 is 0 Å². The normalized spacial score (nSPS) is 23.6. The van der Waals surface area contributed by atoms with Crippen molar-refractivity contribution in [2.75, 3.05) is 0 Å². The molecule has 0 saturated carbocycles. The van der Waals surface area contributed by atoms with Crippen molar-refractivity contribution in [2.45, 2.75) is 33.6 Å². The zero-order valence-corrected chi connectivity index (χ0v) is 12.2. The van der Waals surface area contributed by atoms with Crippen LogP contribution in [0.3, 0.4) is 0 Å². The number of fused-ring (bicyclic) bond motifs is 2. The summed E-state index contributed by atoms with van der Waals surface area (Å²) < 4.78 is 0. The summed E-state index contributed by atoms with van der Waals surface area (Å²) in [5, 5.41) is 9.90. The summed E-state index contributed by atoms with van der Waals surface area (Å²) in [5.41, 5.74) is 4.02. The van der Waals surface area contributed by atoms with E-state index in [9.17, 15) is 9.90 Å². The van der Waals surface area contributed by atoms with Gasteiger partial charge in [0.15, 0.2) is 5.78 Å². The number of aryl methyl sites for hydroxylation is 2. The van der Waals surface area contributed by atoms with Crippen LogP contribution in [-0.2, 0) is 11.2 Å². The van der Waals surface area contributed by atoms with E-state index >= 15 is 0 Å². The predicted octanol–water partition coefficient (Wildman–Crippen LogP) is 3.81. The summed E-state index contributed by atoms with van der Waals surface area (Å²) in [4.78, 5) is 12.2. The highest BCUT2D eigenvalue weighted by atomic mass is 16.3. The van der Waals surface area contributed by atoms with Crippen LogP contribution in [0.15, 0.2) is 29.9 Å². The molecule has 1 unspecified atom stereocenters. The van der Waals surface area contributed by atoms with Gasteiger partial charge in [-0.05, 0) is 66.0 Å². The number of phenols is 1. The van der Waals surface area contributed by atoms with Gasteiger partial charge in [0.1, 0.15) is 5.75 Å². The molecule has 20 heavy (non-hydrogen) atoms. The summed E-state index contributed by atoms with van der Waals surface area (Å²) in [6.45, 7) is 6.29. The van der Waals surface area contributed by atoms with Crippen molar-refractivity contribution in [3.05, 3.63) is 46.5 Å². The number of hydrogen-bond donors (Lipinski definition) is 1. The molecule has 0 spiro atoms. The van der Waals surface area contributed by atoms with E-state index in [4.69, 9.17) is 0 Å². The fourth-order valence-corrected chi connectivity index (χ4v) is 3.37. The van der Waals surface area contributed by atoms with Crippen LogP contribution in [0.2, 0.25) is 0 Å². The quantitative estimate of drug-likeness (QED) is 0.777. The molecule has 3 rings (SSSR count). The maximum absolute atomic E-state index is 12.2. The van der Waals surface area contributed by atoms with Gasteiger partial charge in [-0.3, -0.25) is 4.79 Å². The minimum Gasteiger partial charge on any atom is -0.508 e. The summed E-state index contributed by atoms with van der Waals surface area (Å²) in [6.07, 6.45) is 7.65. The highest BCUT2D eigenvalue weighted by Crippen LogP contribution is 2.44. The molecule has 2 heteroatoms. The average Bonchev–Trinajstić information content (AvgIpc) is 2.56. The Bertz CT molecular complexity index is 648. The van der Waals surface area contributed by atoms with E-state index in [1.54, 1.807) is 12.1 Å². The van der Waals surface area contributed by atoms with Crippen LogP contribution in [-0.4, -0.2) is 10.9 Å². The molecular formula is C18H20O2. The van der Waals surface area contributed by atoms with Gasteiger partial charge in [0.25, 0.3) is 0 Å². The summed E-state index contributed by atoms with van der Waals surface area (Å²) in [6, 6.07) is 3.84. The number of rotatable bonds is 0. The van der Waals surface area contributed by atoms with Crippen molar-refractivity contribution in [1.29, 1.82) is 0 Å². The van der Waals surface area contributed by atoms with E-state index in [2.05, 4.69) is 13.8 Å². The number of allylic oxidation sites excluding steroid dienone is 3. The van der Waals surface area contributed by atoms with Gasteiger partial charge >= 0.3 is 0 Å². The highest BCUT2D eigenvalue weighted by molar-refractivity contribution is 6.08. The number of hydrogen-bond acceptors (Lipinski definition) is 2. The molecule has 1 aromatic rings. The molecule has 0 bridgehead atoms. The molecule has 0 fully saturated rings. The van der Waals surface area contributed by atoms with Crippen LogP contribution < -0.4 is 0 Å². The molecule has 1 atom stereocenters. The highest BCUT2D eigenvalue weighted by Gasteiger charge is 2.37. The maximum Gasteiger partial charge on any atom is 0.181 e. The molecule has 2 aliphatic carbocycles. The molecule has 104 valence electrons. The van der Waals surface area contributed by atoms with E-state index in [1.165, 1.54) is 5.56 Å². The van der Waals surface area contributed by atoms with Gasteiger partial charge in [-0.25, -0.2) is 0 Å². The lowest BCUT2D eigenvalue weighted by Gasteiger charge is -2.35. The molecule has 0 saturated heterocycles. The number of ketones is 1. The van der Waals surface area contributed by atoms with Gasteiger partial charge in [0.05, 0.1) is 0 Å². The Labute approximate surface area is 119 Å². The second-order valence-corrected chi connectivity index (χ2v) is 6.55. The molecule has 0 aliphatic heterocycles. The Morgan fingerprint density at radius 2 is 2.05 bits per heavy atom. The number of aromatic hydroxyl groups is 1. The zero-order chi connectivity index (χ0) is 14.5. The smallest absolute Gasteiger partial charge is 0.181 e. The van der Waals surface area contributed by atoms with E-state index in [0.29, 0.717) is 5.75 Å². The minimum atomic E-state index is 0.0128. The summed E-state index contributed by atoms with van der Waals surface area (Å²) in [7, 11) is 0. The summed E-state index contributed by atoms with van der Waals surface area (Å²) in [5.74, 6) is 0.675. The lowest BCUT2D eigenvalue weighted by molar-refractivity contribution is -0.112. The van der Waals surface area contributed by atoms with Gasteiger partial charge in [0.2, 0.25) is 0 Å². The monoisotopic (exact) mass is 268 g/mol. The van der Waals surface area contributed by atoms with Gasteiger partial charge in [-0.2, -0.15) is 0 Å². The number of benzene rings is 1. The van der Waals surface area contributed by atoms with Crippen molar-refractivity contribution in [2.24, 2.45) is 11.3 Å². The molecule has 2 aliphatic rings. The number of phenolic OH excluding ortho intramolecular Hbond substituents is 1. The lowest BCUT2D eigenvalue weighted by Crippen LogP contribution is -2.30. The first-order chi connectivity index (χ1) is 9.38. The minimum absolute atomic E-state index is 0.0128. The Balaban J connectivity index is 2.16. The van der Waals surface area contributed by atoms with Crippen LogP contribution in [0.25, 0.3) is 6.08 Å². The van der Waals surface area contributed by atoms with Gasteiger partial charge in [-0.1, -0.05) is 26.0 Å². The predicted molar refractivity (Wildman–Crippen MR) is 80.6 cm³/mol. The molecule has 0 amide bonds. The third kappa shape index (κ3) is 2.00. The second-order valence-electron chi connectivity index (χ2n) is 6.55. The van der Waals surface area contributed by atoms with E-state index in [1.807, 2.05) is 25.1 Å². The van der Waals surface area contributed by atoms with Gasteiger partial charge in [-0.15, -0.1) is 0 Å². The standard InChI is InChI=1S/C18H20O2/c1-11-8-12-4-5-15-14(9-13(12)10-17(11)20)16(19)6-7-18(15,2)3/h6-10,15,20H,4-5H2,1-3H3. The molecule has 1 N–H and O–H groups in total. The summed E-state index contributed by atoms with van der Waals surface area (Å²) >= 11 is 0. The number of carbonyl (C=O) groups excluding carboxylic acids is 1. The van der Waals surface area contributed by atoms with Crippen LogP contribution in [0, 0.1) is 18.3 Å². The fourth-order valence-electron chi connectivity index (χ4n) is 3.37. The van der Waals surface area contributed by atoms with Gasteiger partial charge in [0, 0.05) is 5.57 Å². The first kappa shape index (κ1) is 13.2. The van der Waals surface area contributed by atoms with Crippen molar-refractivity contribution in [3.63, 3.8) is 0 Å². The van der Waals surface area contributed by atoms with Crippen LogP contribution in [0.1, 0.15) is 37.0 Å². The lowest BCUT2D eigenvalue weighted by atomic mass is 9.68. The second kappa shape index (κ2) is 4.34. The first-order valence-corrected chi connectivity index (χ1v) is 7.16. The topological polar surface area (TPSA) is 37.3 Å². The Kier molecular flexibility index (Phi) is 2.86. The zero-order valence-electron chi connectivity index (χ0n) is 12.2. The van der Waals surface area contributed by atoms with E-state index in [-0.39, 0.29) is 17.1 Å². The maximum atomic E-state index is 12.2. The van der Waals surface area contributed by atoms with Crippen molar-refractivity contribution >= 4 is 11.9 Å². The molecule has 0 heterocycles. The molecule has 1 aromatic carbocycles. The fraction of sp³-hybridized carbons (Fsp3) is 0.389. The van der Waals surface area contributed by atoms with Crippen LogP contribution in [0.4, 0.5) is 0 Å². The SMILES string of the molecule is Cc1cc2c(cc1O)C=C1C(=O)C=CC(C)(C)C1CC2. The average molecular weight is 268 g/mol. The number of carbonyl (C=O) groups is 1. The van der Waals surface area contributed by atoms with Crippen molar-refractivity contribution in [3.8, 4) is 5.75 Å². The van der Waals surface area contributed by atoms with Crippen LogP contribution in [0.5, 0.6) is 5.75 Å². The Hall–Kier alpha value is -1.83. The molecule has 0 radical (unpaired) electrons. The van der Waals surface area contributed by atoms with Crippen molar-refractivity contribution in [1.82, 2.24) is 0 Å². The molecule has 2 nitrogen and oxygen atoms in total. The molecule has 0 aromatic heterocycles. The molecular weight excluding hydrogens is 248 g/mol. The van der Waals surface area contributed by atoms with E-state index < -0.39 is 0 Å². The van der Waals surface area contributed by atoms with Gasteiger partial charge < -0.3 is 5.11 Å². The third-order valence-corrected chi connectivity index (χ3v) is 4.69. The largest absolute Gasteiger partial charge is 0.508 e. The first-order valence-electron chi connectivity index (χ1n) is 7.16. The Morgan fingerprint density at radius 3 is 2.80 bits per heavy atom.